The summed E-state index contributed by atoms with van der Waals surface area (Å²) in [6.07, 6.45) is 6.24. The zero-order valence-corrected chi connectivity index (χ0v) is 16.1. The summed E-state index contributed by atoms with van der Waals surface area (Å²) < 4.78 is 0. The van der Waals surface area contributed by atoms with Crippen LogP contribution in [0.15, 0.2) is 30.3 Å². The Labute approximate surface area is 162 Å². The molecule has 0 aliphatic carbocycles. The lowest BCUT2D eigenvalue weighted by Crippen LogP contribution is -2.50. The van der Waals surface area contributed by atoms with Crippen molar-refractivity contribution in [3.05, 3.63) is 35.9 Å². The number of hydrogen-bond donors (Lipinski definition) is 2. The second kappa shape index (κ2) is 10.5. The highest BCUT2D eigenvalue weighted by Crippen LogP contribution is 2.21. The maximum Gasteiger partial charge on any atom is 0.241 e. The van der Waals surface area contributed by atoms with Crippen LogP contribution >= 0.6 is 12.4 Å². The van der Waals surface area contributed by atoms with Crippen molar-refractivity contribution in [2.75, 3.05) is 26.2 Å². The van der Waals surface area contributed by atoms with Gasteiger partial charge in [-0.1, -0.05) is 36.8 Å². The summed E-state index contributed by atoms with van der Waals surface area (Å²) in [6, 6.07) is 10.4. The number of carbonyl (C=O) groups excluding carboxylic acids is 2. The third-order valence-electron chi connectivity index (χ3n) is 5.38. The maximum absolute atomic E-state index is 12.3. The first kappa shape index (κ1) is 20.7. The molecule has 0 saturated carbocycles. The highest BCUT2D eigenvalue weighted by molar-refractivity contribution is 5.87. The van der Waals surface area contributed by atoms with E-state index in [9.17, 15) is 9.59 Å². The number of rotatable bonds is 5. The van der Waals surface area contributed by atoms with Gasteiger partial charge in [0.05, 0.1) is 12.6 Å². The highest BCUT2D eigenvalue weighted by Gasteiger charge is 2.25. The second-order valence-electron chi connectivity index (χ2n) is 7.23. The fourth-order valence-corrected chi connectivity index (χ4v) is 3.81. The Bertz CT molecular complexity index is 568. The molecule has 0 bridgehead atoms. The van der Waals surface area contributed by atoms with Crippen molar-refractivity contribution in [1.29, 1.82) is 0 Å². The molecule has 2 aliphatic heterocycles. The minimum absolute atomic E-state index is 0. The molecule has 144 valence electrons. The van der Waals surface area contributed by atoms with Gasteiger partial charge in [-0.3, -0.25) is 9.59 Å². The van der Waals surface area contributed by atoms with Gasteiger partial charge in [0.2, 0.25) is 11.8 Å². The topological polar surface area (TPSA) is 61.4 Å². The first-order chi connectivity index (χ1) is 12.2. The summed E-state index contributed by atoms with van der Waals surface area (Å²) in [5, 5.41) is 6.02. The van der Waals surface area contributed by atoms with E-state index in [1.165, 1.54) is 5.56 Å². The summed E-state index contributed by atoms with van der Waals surface area (Å²) in [5.41, 5.74) is 1.37. The summed E-state index contributed by atoms with van der Waals surface area (Å²) >= 11 is 0. The van der Waals surface area contributed by atoms with E-state index in [1.54, 1.807) is 0 Å². The molecule has 6 heteroatoms. The zero-order valence-electron chi connectivity index (χ0n) is 15.3. The second-order valence-corrected chi connectivity index (χ2v) is 7.23. The van der Waals surface area contributed by atoms with Gasteiger partial charge in [0.25, 0.3) is 0 Å². The molecule has 2 saturated heterocycles. The fourth-order valence-electron chi connectivity index (χ4n) is 3.81. The molecular formula is C20H30ClN3O2. The number of benzene rings is 1. The van der Waals surface area contributed by atoms with E-state index in [0.717, 1.165) is 58.2 Å². The Morgan fingerprint density at radius 2 is 1.81 bits per heavy atom. The van der Waals surface area contributed by atoms with E-state index < -0.39 is 0 Å². The average molecular weight is 380 g/mol. The van der Waals surface area contributed by atoms with Gasteiger partial charge in [-0.25, -0.2) is 0 Å². The Morgan fingerprint density at radius 3 is 2.46 bits per heavy atom. The lowest BCUT2D eigenvalue weighted by molar-refractivity contribution is -0.134. The van der Waals surface area contributed by atoms with Crippen LogP contribution in [0.5, 0.6) is 0 Å². The van der Waals surface area contributed by atoms with Crippen molar-refractivity contribution in [1.82, 2.24) is 15.5 Å². The summed E-state index contributed by atoms with van der Waals surface area (Å²) in [4.78, 5) is 26.3. The van der Waals surface area contributed by atoms with Crippen molar-refractivity contribution >= 4 is 24.2 Å². The van der Waals surface area contributed by atoms with Crippen molar-refractivity contribution < 1.29 is 9.59 Å². The van der Waals surface area contributed by atoms with Gasteiger partial charge < -0.3 is 15.5 Å². The number of piperidine rings is 2. The van der Waals surface area contributed by atoms with Crippen molar-refractivity contribution in [3.63, 3.8) is 0 Å². The molecule has 0 spiro atoms. The van der Waals surface area contributed by atoms with Gasteiger partial charge >= 0.3 is 0 Å². The number of nitrogens with zero attached hydrogens (tertiary/aromatic N) is 1. The van der Waals surface area contributed by atoms with Crippen LogP contribution in [0.2, 0.25) is 0 Å². The molecule has 3 rings (SSSR count). The lowest BCUT2D eigenvalue weighted by Gasteiger charge is -2.32. The number of carbonyl (C=O) groups is 2. The number of halogens is 1. The quantitative estimate of drug-likeness (QED) is 0.824. The molecule has 0 radical (unpaired) electrons. The molecule has 2 aliphatic rings. The van der Waals surface area contributed by atoms with Crippen LogP contribution in [0.25, 0.3) is 0 Å². The molecule has 26 heavy (non-hydrogen) atoms. The van der Waals surface area contributed by atoms with E-state index in [1.807, 2.05) is 11.0 Å². The Hall–Kier alpha value is -1.59. The van der Waals surface area contributed by atoms with Gasteiger partial charge in [-0.05, 0) is 50.1 Å². The summed E-state index contributed by atoms with van der Waals surface area (Å²) in [7, 11) is 0. The first-order valence-electron chi connectivity index (χ1n) is 9.55. The normalized spacial score (nSPS) is 20.9. The molecule has 1 aromatic carbocycles. The SMILES string of the molecule is Cl.O=C(NCC(=O)N1CCC(Cc2ccccc2)CC1)C1CCCCN1. The van der Waals surface area contributed by atoms with Gasteiger partial charge in [0, 0.05) is 13.1 Å². The van der Waals surface area contributed by atoms with Gasteiger partial charge in [0.1, 0.15) is 0 Å². The molecule has 5 nitrogen and oxygen atoms in total. The van der Waals surface area contributed by atoms with Crippen molar-refractivity contribution in [3.8, 4) is 0 Å². The Kier molecular flexibility index (Phi) is 8.39. The molecular weight excluding hydrogens is 350 g/mol. The van der Waals surface area contributed by atoms with Crippen LogP contribution in [0.1, 0.15) is 37.7 Å². The molecule has 2 N–H and O–H groups in total. The van der Waals surface area contributed by atoms with Crippen LogP contribution in [-0.4, -0.2) is 48.9 Å². The molecule has 2 fully saturated rings. The van der Waals surface area contributed by atoms with E-state index in [-0.39, 0.29) is 36.8 Å². The first-order valence-corrected chi connectivity index (χ1v) is 9.55. The number of amides is 2. The fraction of sp³-hybridized carbons (Fsp3) is 0.600. The smallest absolute Gasteiger partial charge is 0.241 e. The average Bonchev–Trinajstić information content (AvgIpc) is 2.68. The molecule has 2 heterocycles. The number of likely N-dealkylation sites (tertiary alicyclic amines) is 1. The standard InChI is InChI=1S/C20H29N3O2.ClH/c24-19(15-22-20(25)18-8-4-5-11-21-18)23-12-9-17(10-13-23)14-16-6-2-1-3-7-16;/h1-3,6-7,17-18,21H,4-5,8-15H2,(H,22,25);1H. The molecule has 1 aromatic rings. The number of nitrogens with one attached hydrogen (secondary N) is 2. The van der Waals surface area contributed by atoms with Crippen LogP contribution in [0.4, 0.5) is 0 Å². The van der Waals surface area contributed by atoms with Crippen LogP contribution in [-0.2, 0) is 16.0 Å². The predicted molar refractivity (Wildman–Crippen MR) is 105 cm³/mol. The largest absolute Gasteiger partial charge is 0.346 e. The third-order valence-corrected chi connectivity index (χ3v) is 5.38. The molecule has 1 atom stereocenters. The van der Waals surface area contributed by atoms with Crippen molar-refractivity contribution in [2.45, 2.75) is 44.6 Å². The van der Waals surface area contributed by atoms with Gasteiger partial charge in [0.15, 0.2) is 0 Å². The Balaban J connectivity index is 0.00000243. The van der Waals surface area contributed by atoms with Crippen molar-refractivity contribution in [2.24, 2.45) is 5.92 Å². The zero-order chi connectivity index (χ0) is 17.5. The number of hydrogen-bond acceptors (Lipinski definition) is 3. The van der Waals surface area contributed by atoms with E-state index >= 15 is 0 Å². The maximum atomic E-state index is 12.3. The predicted octanol–water partition coefficient (Wildman–Crippen LogP) is 2.15. The van der Waals surface area contributed by atoms with E-state index in [0.29, 0.717) is 5.92 Å². The molecule has 0 aromatic heterocycles. The van der Waals surface area contributed by atoms with E-state index in [2.05, 4.69) is 34.9 Å². The third kappa shape index (κ3) is 5.99. The highest BCUT2D eigenvalue weighted by atomic mass is 35.5. The summed E-state index contributed by atoms with van der Waals surface area (Å²) in [5.74, 6) is 0.654. The molecule has 2 amide bonds. The van der Waals surface area contributed by atoms with Crippen LogP contribution in [0, 0.1) is 5.92 Å². The van der Waals surface area contributed by atoms with Crippen LogP contribution < -0.4 is 10.6 Å². The molecule has 1 unspecified atom stereocenters. The minimum Gasteiger partial charge on any atom is -0.346 e. The minimum atomic E-state index is -0.127. The van der Waals surface area contributed by atoms with Gasteiger partial charge in [-0.15, -0.1) is 12.4 Å². The van der Waals surface area contributed by atoms with E-state index in [4.69, 9.17) is 0 Å². The summed E-state index contributed by atoms with van der Waals surface area (Å²) in [6.45, 7) is 2.61. The van der Waals surface area contributed by atoms with Gasteiger partial charge in [-0.2, -0.15) is 0 Å². The van der Waals surface area contributed by atoms with Crippen LogP contribution in [0.3, 0.4) is 0 Å². The Morgan fingerprint density at radius 1 is 1.08 bits per heavy atom. The lowest BCUT2D eigenvalue weighted by atomic mass is 9.90. The monoisotopic (exact) mass is 379 g/mol.